The molecule has 7 heteroatoms. The Morgan fingerprint density at radius 2 is 2.31 bits per heavy atom. The topological polar surface area (TPSA) is 83.2 Å². The van der Waals surface area contributed by atoms with Crippen LogP contribution in [-0.2, 0) is 0 Å². The summed E-state index contributed by atoms with van der Waals surface area (Å²) in [6.45, 7) is 0. The maximum atomic E-state index is 12.5. The van der Waals surface area contributed by atoms with E-state index in [4.69, 9.17) is 10.4 Å². The number of ether oxygens (including phenoxy) is 1. The van der Waals surface area contributed by atoms with E-state index in [-0.39, 0.29) is 0 Å². The van der Waals surface area contributed by atoms with Gasteiger partial charge in [-0.3, -0.25) is 0 Å². The summed E-state index contributed by atoms with van der Waals surface area (Å²) in [7, 11) is 1.06. The lowest BCUT2D eigenvalue weighted by atomic mass is 10.1. The Labute approximate surface area is 88.9 Å². The predicted molar refractivity (Wildman–Crippen MR) is 47.4 cm³/mol. The summed E-state index contributed by atoms with van der Waals surface area (Å²) < 4.78 is 29.6. The second-order valence-electron chi connectivity index (χ2n) is 2.69. The molecule has 0 aliphatic rings. The number of nitrogens with zero attached hydrogens (tertiary/aromatic N) is 2. The molecule has 1 aromatic rings. The number of carboxylic acids is 1. The molecule has 0 saturated heterocycles. The van der Waals surface area contributed by atoms with E-state index in [2.05, 4.69) is 9.72 Å². The Morgan fingerprint density at radius 3 is 2.69 bits per heavy atom. The third-order valence-electron chi connectivity index (χ3n) is 1.76. The van der Waals surface area contributed by atoms with Gasteiger partial charge in [0.2, 0.25) is 0 Å². The fraction of sp³-hybridized carbons (Fsp3) is 0.222. The van der Waals surface area contributed by atoms with Crippen LogP contribution in [0.5, 0.6) is 5.75 Å². The molecule has 5 nitrogen and oxygen atoms in total. The van der Waals surface area contributed by atoms with Crippen LogP contribution in [0, 0.1) is 11.3 Å². The van der Waals surface area contributed by atoms with Crippen LogP contribution in [0.4, 0.5) is 8.78 Å². The summed E-state index contributed by atoms with van der Waals surface area (Å²) in [5, 5.41) is 17.3. The van der Waals surface area contributed by atoms with E-state index in [1.807, 2.05) is 0 Å². The van der Waals surface area contributed by atoms with Crippen molar-refractivity contribution in [3.8, 4) is 11.8 Å². The summed E-state index contributed by atoms with van der Waals surface area (Å²) in [5.41, 5.74) is -1.75. The predicted octanol–water partition coefficient (Wildman–Crippen LogP) is 1.60. The number of carbonyl (C=O) groups is 1. The minimum Gasteiger partial charge on any atom is -0.494 e. The van der Waals surface area contributed by atoms with Crippen LogP contribution in [0.3, 0.4) is 0 Å². The molecule has 0 saturated carbocycles. The van der Waals surface area contributed by atoms with Crippen LogP contribution in [0.25, 0.3) is 0 Å². The average molecular weight is 228 g/mol. The molecule has 1 heterocycles. The van der Waals surface area contributed by atoms with Gasteiger partial charge in [0.05, 0.1) is 7.11 Å². The molecule has 0 aromatic carbocycles. The van der Waals surface area contributed by atoms with Gasteiger partial charge in [-0.1, -0.05) is 0 Å². The van der Waals surface area contributed by atoms with Crippen LogP contribution < -0.4 is 4.74 Å². The third kappa shape index (κ3) is 2.06. The van der Waals surface area contributed by atoms with Gasteiger partial charge in [-0.15, -0.1) is 0 Å². The van der Waals surface area contributed by atoms with Crippen LogP contribution in [0.1, 0.15) is 28.2 Å². The average Bonchev–Trinajstić information content (AvgIpc) is 2.26. The standard InChI is InChI=1S/C9H6F2N2O3/c1-16-7-5(9(14)15)2-4(3-12)13-6(7)8(10)11/h2,8H,1H3,(H,14,15). The fourth-order valence-electron chi connectivity index (χ4n) is 1.13. The number of hydrogen-bond acceptors (Lipinski definition) is 4. The molecule has 0 aliphatic heterocycles. The van der Waals surface area contributed by atoms with Crippen molar-refractivity contribution in [3.63, 3.8) is 0 Å². The van der Waals surface area contributed by atoms with Gasteiger partial charge >= 0.3 is 5.97 Å². The highest BCUT2D eigenvalue weighted by molar-refractivity contribution is 5.91. The molecular formula is C9H6F2N2O3. The van der Waals surface area contributed by atoms with Crippen molar-refractivity contribution >= 4 is 5.97 Å². The molecule has 0 unspecified atom stereocenters. The highest BCUT2D eigenvalue weighted by Crippen LogP contribution is 2.30. The molecule has 0 bridgehead atoms. The normalized spacial score (nSPS) is 9.94. The van der Waals surface area contributed by atoms with Crippen molar-refractivity contribution in [3.05, 3.63) is 23.0 Å². The highest BCUT2D eigenvalue weighted by Gasteiger charge is 2.24. The molecule has 0 amide bonds. The molecule has 1 N–H and O–H groups in total. The number of hydrogen-bond donors (Lipinski definition) is 1. The number of alkyl halides is 2. The summed E-state index contributed by atoms with van der Waals surface area (Å²) in [6, 6.07) is 2.39. The Balaban J connectivity index is 3.54. The van der Waals surface area contributed by atoms with Crippen molar-refractivity contribution in [2.24, 2.45) is 0 Å². The first-order chi connectivity index (χ1) is 7.51. The molecule has 0 aliphatic carbocycles. The van der Waals surface area contributed by atoms with Gasteiger partial charge in [-0.05, 0) is 6.07 Å². The first-order valence-corrected chi connectivity index (χ1v) is 4.01. The van der Waals surface area contributed by atoms with Crippen molar-refractivity contribution < 1.29 is 23.4 Å². The Kier molecular flexibility index (Phi) is 3.35. The second kappa shape index (κ2) is 4.53. The molecule has 0 radical (unpaired) electrons. The number of nitriles is 1. The van der Waals surface area contributed by atoms with Gasteiger partial charge in [0.25, 0.3) is 6.43 Å². The largest absolute Gasteiger partial charge is 0.494 e. The van der Waals surface area contributed by atoms with E-state index in [1.165, 1.54) is 6.07 Å². The van der Waals surface area contributed by atoms with Gasteiger partial charge < -0.3 is 9.84 Å². The molecule has 0 fully saturated rings. The van der Waals surface area contributed by atoms with E-state index in [9.17, 15) is 13.6 Å². The Bertz CT molecular complexity index is 469. The smallest absolute Gasteiger partial charge is 0.339 e. The quantitative estimate of drug-likeness (QED) is 0.849. The lowest BCUT2D eigenvalue weighted by molar-refractivity contribution is 0.0691. The highest BCUT2D eigenvalue weighted by atomic mass is 19.3. The monoisotopic (exact) mass is 228 g/mol. The first kappa shape index (κ1) is 11.8. The van der Waals surface area contributed by atoms with Crippen molar-refractivity contribution in [1.82, 2.24) is 4.98 Å². The molecule has 84 valence electrons. The lowest BCUT2D eigenvalue weighted by Crippen LogP contribution is -2.07. The molecule has 0 spiro atoms. The SMILES string of the molecule is COc1c(C(=O)O)cc(C#N)nc1C(F)F. The minimum absolute atomic E-state index is 0.395. The van der Waals surface area contributed by atoms with E-state index in [0.717, 1.165) is 13.2 Å². The lowest BCUT2D eigenvalue weighted by Gasteiger charge is -2.09. The molecular weight excluding hydrogens is 222 g/mol. The Hall–Kier alpha value is -2.23. The van der Waals surface area contributed by atoms with Crippen molar-refractivity contribution in [2.45, 2.75) is 6.43 Å². The van der Waals surface area contributed by atoms with E-state index < -0.39 is 35.1 Å². The minimum atomic E-state index is -3.01. The fourth-order valence-corrected chi connectivity index (χ4v) is 1.13. The van der Waals surface area contributed by atoms with E-state index >= 15 is 0 Å². The Morgan fingerprint density at radius 1 is 1.69 bits per heavy atom. The number of aromatic carboxylic acids is 1. The molecule has 16 heavy (non-hydrogen) atoms. The zero-order valence-electron chi connectivity index (χ0n) is 8.07. The zero-order chi connectivity index (χ0) is 12.3. The van der Waals surface area contributed by atoms with Gasteiger partial charge in [0.15, 0.2) is 11.4 Å². The number of halogens is 2. The number of pyridine rings is 1. The molecule has 1 aromatic heterocycles. The number of methoxy groups -OCH3 is 1. The van der Waals surface area contributed by atoms with Gasteiger partial charge in [0.1, 0.15) is 17.3 Å². The van der Waals surface area contributed by atoms with Gasteiger partial charge in [-0.25, -0.2) is 18.6 Å². The first-order valence-electron chi connectivity index (χ1n) is 4.01. The van der Waals surface area contributed by atoms with Crippen LogP contribution >= 0.6 is 0 Å². The summed E-state index contributed by atoms with van der Waals surface area (Å²) in [6.07, 6.45) is -3.01. The summed E-state index contributed by atoms with van der Waals surface area (Å²) in [5.74, 6) is -1.99. The second-order valence-corrected chi connectivity index (χ2v) is 2.69. The molecule has 0 atom stereocenters. The molecule has 1 rings (SSSR count). The summed E-state index contributed by atoms with van der Waals surface area (Å²) >= 11 is 0. The maximum absolute atomic E-state index is 12.5. The van der Waals surface area contributed by atoms with E-state index in [0.29, 0.717) is 0 Å². The van der Waals surface area contributed by atoms with Crippen LogP contribution in [0.2, 0.25) is 0 Å². The summed E-state index contributed by atoms with van der Waals surface area (Å²) in [4.78, 5) is 14.1. The van der Waals surface area contributed by atoms with Crippen LogP contribution in [-0.4, -0.2) is 23.2 Å². The van der Waals surface area contributed by atoms with Gasteiger partial charge in [-0.2, -0.15) is 5.26 Å². The maximum Gasteiger partial charge on any atom is 0.339 e. The number of rotatable bonds is 3. The number of carboxylic acid groups (broad SMARTS) is 1. The zero-order valence-corrected chi connectivity index (χ0v) is 8.07. The van der Waals surface area contributed by atoms with Crippen molar-refractivity contribution in [2.75, 3.05) is 7.11 Å². The number of aromatic nitrogens is 1. The van der Waals surface area contributed by atoms with Crippen LogP contribution in [0.15, 0.2) is 6.07 Å². The van der Waals surface area contributed by atoms with Gasteiger partial charge in [0, 0.05) is 0 Å². The van der Waals surface area contributed by atoms with E-state index in [1.54, 1.807) is 0 Å². The third-order valence-corrected chi connectivity index (χ3v) is 1.76. The van der Waals surface area contributed by atoms with Crippen molar-refractivity contribution in [1.29, 1.82) is 5.26 Å².